The molecule has 1 heterocycles. The van der Waals surface area contributed by atoms with Crippen LogP contribution < -0.4 is 4.74 Å². The number of ether oxygens (including phenoxy) is 1. The molecule has 0 spiro atoms. The zero-order chi connectivity index (χ0) is 22.6. The van der Waals surface area contributed by atoms with Crippen LogP contribution in [0, 0.1) is 6.92 Å². The monoisotopic (exact) mass is 437 g/mol. The average molecular weight is 438 g/mol. The number of fused-ring (bicyclic) bond motifs is 1. The van der Waals surface area contributed by atoms with E-state index < -0.39 is 0 Å². The Labute approximate surface area is 189 Å². The number of carbonyl (C=O) groups excluding carboxylic acids is 2. The number of imide groups is 1. The van der Waals surface area contributed by atoms with E-state index in [4.69, 9.17) is 4.74 Å². The topological polar surface area (TPSA) is 46.6 Å². The van der Waals surface area contributed by atoms with Gasteiger partial charge in [0.05, 0.1) is 19.4 Å². The van der Waals surface area contributed by atoms with Gasteiger partial charge >= 0.3 is 0 Å². The minimum absolute atomic E-state index is 0.101. The van der Waals surface area contributed by atoms with Gasteiger partial charge in [0, 0.05) is 0 Å². The molecule has 0 radical (unpaired) electrons. The lowest BCUT2D eigenvalue weighted by molar-refractivity contribution is -0.125. The van der Waals surface area contributed by atoms with Crippen molar-refractivity contribution in [2.24, 2.45) is 0 Å². The smallest absolute Gasteiger partial charge is 0.289 e. The quantitative estimate of drug-likeness (QED) is 0.570. The van der Waals surface area contributed by atoms with E-state index in [1.165, 1.54) is 28.0 Å². The molecule has 2 aromatic rings. The second-order valence-corrected chi connectivity index (χ2v) is 11.0. The second kappa shape index (κ2) is 7.70. The summed E-state index contributed by atoms with van der Waals surface area (Å²) >= 11 is 1.08. The highest BCUT2D eigenvalue weighted by Crippen LogP contribution is 2.48. The van der Waals surface area contributed by atoms with Crippen molar-refractivity contribution in [2.75, 3.05) is 12.9 Å². The Morgan fingerprint density at radius 2 is 1.61 bits per heavy atom. The minimum atomic E-state index is -0.170. The van der Waals surface area contributed by atoms with Gasteiger partial charge in [-0.15, -0.1) is 0 Å². The number of aryl methyl sites for hydroxylation is 1. The lowest BCUT2D eigenvalue weighted by atomic mass is 9.62. The third-order valence-electron chi connectivity index (χ3n) is 6.97. The van der Waals surface area contributed by atoms with E-state index in [9.17, 15) is 9.59 Å². The highest BCUT2D eigenvalue weighted by atomic mass is 32.2. The van der Waals surface area contributed by atoms with E-state index in [-0.39, 0.29) is 34.3 Å². The first-order valence-corrected chi connectivity index (χ1v) is 11.8. The molecule has 31 heavy (non-hydrogen) atoms. The maximum atomic E-state index is 12.2. The Kier molecular flexibility index (Phi) is 5.45. The van der Waals surface area contributed by atoms with Crippen molar-refractivity contribution >= 4 is 22.9 Å². The molecule has 0 saturated carbocycles. The molecule has 164 valence electrons. The Bertz CT molecular complexity index is 1050. The standard InChI is InChI=1S/C26H31NO3S/c1-16-11-21-22(26(4,5)10-9-25(21,2)3)13-19(16)20-12-18(30-6)8-7-17(20)14-27-23(28)15-31-24(27)29/h7-8,11-13H,9-10,14-15H2,1-6H3. The maximum Gasteiger partial charge on any atom is 0.289 e. The fourth-order valence-electron chi connectivity index (χ4n) is 4.79. The van der Waals surface area contributed by atoms with Crippen LogP contribution in [0.25, 0.3) is 11.1 Å². The number of benzene rings is 2. The summed E-state index contributed by atoms with van der Waals surface area (Å²) in [6, 6.07) is 10.6. The number of rotatable bonds is 4. The van der Waals surface area contributed by atoms with Crippen molar-refractivity contribution < 1.29 is 14.3 Å². The van der Waals surface area contributed by atoms with Crippen LogP contribution in [0.2, 0.25) is 0 Å². The molecule has 0 N–H and O–H groups in total. The molecule has 0 bridgehead atoms. The Hall–Kier alpha value is -2.27. The molecule has 2 aromatic carbocycles. The summed E-state index contributed by atoms with van der Waals surface area (Å²) in [5.41, 5.74) is 7.40. The van der Waals surface area contributed by atoms with E-state index in [1.807, 2.05) is 18.2 Å². The summed E-state index contributed by atoms with van der Waals surface area (Å²) < 4.78 is 5.52. The molecule has 2 amide bonds. The lowest BCUT2D eigenvalue weighted by Crippen LogP contribution is -2.34. The van der Waals surface area contributed by atoms with Gasteiger partial charge in [-0.05, 0) is 76.1 Å². The third kappa shape index (κ3) is 3.89. The Morgan fingerprint density at radius 3 is 2.19 bits per heavy atom. The number of hydrogen-bond donors (Lipinski definition) is 0. The molecular formula is C26H31NO3S. The van der Waals surface area contributed by atoms with Crippen LogP contribution in [0.3, 0.4) is 0 Å². The minimum Gasteiger partial charge on any atom is -0.497 e. The van der Waals surface area contributed by atoms with Crippen molar-refractivity contribution in [3.05, 3.63) is 52.6 Å². The fraction of sp³-hybridized carbons (Fsp3) is 0.462. The van der Waals surface area contributed by atoms with Crippen molar-refractivity contribution in [1.82, 2.24) is 4.90 Å². The summed E-state index contributed by atoms with van der Waals surface area (Å²) in [7, 11) is 1.66. The molecule has 2 aliphatic rings. The van der Waals surface area contributed by atoms with E-state index in [0.29, 0.717) is 0 Å². The van der Waals surface area contributed by atoms with Gasteiger partial charge in [0.25, 0.3) is 5.24 Å². The van der Waals surface area contributed by atoms with Crippen molar-refractivity contribution in [2.45, 2.75) is 64.8 Å². The molecule has 1 fully saturated rings. The van der Waals surface area contributed by atoms with Crippen molar-refractivity contribution in [3.63, 3.8) is 0 Å². The van der Waals surface area contributed by atoms with Gasteiger partial charge in [0.2, 0.25) is 5.91 Å². The summed E-state index contributed by atoms with van der Waals surface area (Å²) in [5.74, 6) is 0.872. The fourth-order valence-corrected chi connectivity index (χ4v) is 5.51. The van der Waals surface area contributed by atoms with Crippen LogP contribution in [0.4, 0.5) is 4.79 Å². The number of nitrogens with zero attached hydrogens (tertiary/aromatic N) is 1. The number of methoxy groups -OCH3 is 1. The molecule has 0 atom stereocenters. The van der Waals surface area contributed by atoms with Gasteiger partial charge in [-0.25, -0.2) is 0 Å². The van der Waals surface area contributed by atoms with Gasteiger partial charge in [0.15, 0.2) is 0 Å². The number of thioether (sulfide) groups is 1. The Balaban J connectivity index is 1.88. The third-order valence-corrected chi connectivity index (χ3v) is 7.83. The number of amides is 2. The highest BCUT2D eigenvalue weighted by Gasteiger charge is 2.38. The summed E-state index contributed by atoms with van der Waals surface area (Å²) in [5, 5.41) is -0.170. The number of hydrogen-bond acceptors (Lipinski definition) is 4. The SMILES string of the molecule is COc1ccc(CN2C(=O)CSC2=O)c(-c2cc3c(cc2C)C(C)(C)CCC3(C)C)c1. The molecule has 0 unspecified atom stereocenters. The summed E-state index contributed by atoms with van der Waals surface area (Å²) in [4.78, 5) is 25.8. The normalized spacial score (nSPS) is 19.5. The van der Waals surface area contributed by atoms with Crippen LogP contribution in [0.5, 0.6) is 5.75 Å². The zero-order valence-electron chi connectivity index (χ0n) is 19.3. The maximum absolute atomic E-state index is 12.2. The van der Waals surface area contributed by atoms with Crippen molar-refractivity contribution in [1.29, 1.82) is 0 Å². The summed E-state index contributed by atoms with van der Waals surface area (Å²) in [6.45, 7) is 11.8. The zero-order valence-corrected chi connectivity index (χ0v) is 20.1. The predicted octanol–water partition coefficient (Wildman–Crippen LogP) is 6.22. The van der Waals surface area contributed by atoms with Gasteiger partial charge in [0.1, 0.15) is 5.75 Å². The lowest BCUT2D eigenvalue weighted by Gasteiger charge is -2.42. The van der Waals surface area contributed by atoms with Crippen LogP contribution in [-0.4, -0.2) is 28.9 Å². The first-order valence-electron chi connectivity index (χ1n) is 10.8. The van der Waals surface area contributed by atoms with E-state index >= 15 is 0 Å². The highest BCUT2D eigenvalue weighted by molar-refractivity contribution is 8.14. The molecule has 1 aliphatic carbocycles. The summed E-state index contributed by atoms with van der Waals surface area (Å²) in [6.07, 6.45) is 2.32. The van der Waals surface area contributed by atoms with Gasteiger partial charge in [-0.2, -0.15) is 0 Å². The molecular weight excluding hydrogens is 406 g/mol. The molecule has 1 saturated heterocycles. The largest absolute Gasteiger partial charge is 0.497 e. The van der Waals surface area contributed by atoms with E-state index in [1.54, 1.807) is 7.11 Å². The molecule has 0 aromatic heterocycles. The molecule has 1 aliphatic heterocycles. The van der Waals surface area contributed by atoms with Crippen LogP contribution >= 0.6 is 11.8 Å². The second-order valence-electron chi connectivity index (χ2n) is 10.0. The molecule has 4 nitrogen and oxygen atoms in total. The van der Waals surface area contributed by atoms with Crippen molar-refractivity contribution in [3.8, 4) is 16.9 Å². The molecule has 4 rings (SSSR count). The van der Waals surface area contributed by atoms with E-state index in [2.05, 4.69) is 46.8 Å². The van der Waals surface area contributed by atoms with E-state index in [0.717, 1.165) is 40.6 Å². The van der Waals surface area contributed by atoms with Gasteiger partial charge in [-0.3, -0.25) is 14.5 Å². The number of carbonyl (C=O) groups is 2. The average Bonchev–Trinajstić information content (AvgIpc) is 3.03. The first kappa shape index (κ1) is 21.9. The Morgan fingerprint density at radius 1 is 0.968 bits per heavy atom. The van der Waals surface area contributed by atoms with Gasteiger partial charge < -0.3 is 4.74 Å². The van der Waals surface area contributed by atoms with Crippen LogP contribution in [0.15, 0.2) is 30.3 Å². The molecule has 5 heteroatoms. The predicted molar refractivity (Wildman–Crippen MR) is 127 cm³/mol. The van der Waals surface area contributed by atoms with Crippen LogP contribution in [-0.2, 0) is 22.2 Å². The first-order chi connectivity index (χ1) is 14.5. The van der Waals surface area contributed by atoms with Crippen LogP contribution in [0.1, 0.15) is 62.8 Å². The van der Waals surface area contributed by atoms with Gasteiger partial charge in [-0.1, -0.05) is 57.7 Å².